The van der Waals surface area contributed by atoms with Gasteiger partial charge in [-0.1, -0.05) is 75.2 Å². The average Bonchev–Trinajstić information content (AvgIpc) is 1.50. The van der Waals surface area contributed by atoms with E-state index in [-0.39, 0.29) is 85.9 Å². The number of benzene rings is 2. The molecule has 1 saturated heterocycles. The molecule has 0 unspecified atom stereocenters. The summed E-state index contributed by atoms with van der Waals surface area (Å²) in [6, 6.07) is 11.8. The molecule has 42 nitrogen and oxygen atoms in total. The number of imide groups is 1. The zero-order valence-corrected chi connectivity index (χ0v) is 75.8. The maximum absolute atomic E-state index is 14.7. The van der Waals surface area contributed by atoms with Gasteiger partial charge in [0.2, 0.25) is 88.6 Å². The maximum Gasteiger partial charge on any atom is 0.323 e. The number of allylic oxidation sites excluding steroid dienone is 4. The Morgan fingerprint density at radius 1 is 0.569 bits per heavy atom. The Morgan fingerprint density at radius 2 is 1.05 bits per heavy atom. The van der Waals surface area contributed by atoms with Crippen LogP contribution in [0.4, 0.5) is 5.69 Å². The van der Waals surface area contributed by atoms with Crippen molar-refractivity contribution in [1.29, 1.82) is 0 Å². The zero-order valence-electron chi connectivity index (χ0n) is 75.8. The predicted molar refractivity (Wildman–Crippen MR) is 461 cm³/mol. The molecule has 0 aromatic heterocycles. The minimum atomic E-state index is -1.45. The topological polar surface area (TPSA) is 515 Å². The Labute approximate surface area is 753 Å². The molecule has 10 atom stereocenters. The van der Waals surface area contributed by atoms with E-state index in [1.54, 1.807) is 42.5 Å². The number of carboxylic acids is 1. The number of hydrogen-bond donors (Lipinski definition) is 7. The number of nitrogens with one attached hydrogen (secondary N) is 5. The summed E-state index contributed by atoms with van der Waals surface area (Å²) >= 11 is 0. The fourth-order valence-electron chi connectivity index (χ4n) is 17.1. The van der Waals surface area contributed by atoms with Crippen LogP contribution >= 0.6 is 0 Å². The Morgan fingerprint density at radius 3 is 1.55 bits per heavy atom. The van der Waals surface area contributed by atoms with E-state index in [0.717, 1.165) is 84.5 Å². The highest BCUT2D eigenvalue weighted by molar-refractivity contribution is 6.28. The van der Waals surface area contributed by atoms with Crippen LogP contribution in [-0.4, -0.2) is 383 Å². The lowest BCUT2D eigenvalue weighted by Gasteiger charge is -2.59. The smallest absolute Gasteiger partial charge is 0.323 e. The van der Waals surface area contributed by atoms with E-state index in [9.17, 15) is 101 Å². The predicted octanol–water partition coefficient (Wildman–Crippen LogP) is -3.22. The molecule has 2 aromatic carbocycles. The van der Waals surface area contributed by atoms with Crippen molar-refractivity contribution in [3.05, 3.63) is 95.6 Å². The van der Waals surface area contributed by atoms with Crippen LogP contribution in [0.1, 0.15) is 89.7 Å². The first-order valence-electron chi connectivity index (χ1n) is 42.7. The van der Waals surface area contributed by atoms with E-state index < -0.39 is 246 Å². The molecule has 130 heavy (non-hydrogen) atoms. The van der Waals surface area contributed by atoms with E-state index in [1.807, 2.05) is 19.9 Å². The number of nitrogens with zero attached hydrogens (tertiary/aromatic N) is 11. The highest BCUT2D eigenvalue weighted by Crippen LogP contribution is 2.70. The van der Waals surface area contributed by atoms with Gasteiger partial charge in [0.15, 0.2) is 23.5 Å². The molecule has 42 heteroatoms. The molecule has 17 amide bonds. The van der Waals surface area contributed by atoms with Gasteiger partial charge in [-0.3, -0.25) is 95.9 Å². The van der Waals surface area contributed by atoms with Gasteiger partial charge in [-0.25, -0.2) is 4.90 Å². The Hall–Kier alpha value is -12.7. The number of aliphatic carboxylic acids is 1. The number of aliphatic hydroxyl groups excluding tert-OH is 1. The van der Waals surface area contributed by atoms with Crippen LogP contribution in [0, 0.1) is 28.6 Å². The van der Waals surface area contributed by atoms with Crippen molar-refractivity contribution in [1.82, 2.24) is 75.6 Å². The molecule has 4 aliphatic carbocycles. The van der Waals surface area contributed by atoms with E-state index in [2.05, 4.69) is 33.5 Å². The molecule has 2 aliphatic heterocycles. The second kappa shape index (κ2) is 46.0. The molecule has 0 spiro atoms. The van der Waals surface area contributed by atoms with Gasteiger partial charge >= 0.3 is 5.97 Å². The number of ketones is 2. The number of carboxylic acid groups (broad SMARTS) is 1. The number of hydrogen-bond acceptors (Lipinski definition) is 25. The molecule has 2 heterocycles. The molecule has 0 radical (unpaired) electrons. The molecular formula is C88H120N16O26. The summed E-state index contributed by atoms with van der Waals surface area (Å²) in [5.74, 6) is -13.2. The van der Waals surface area contributed by atoms with Gasteiger partial charge in [-0.2, -0.15) is 0 Å². The third-order valence-corrected chi connectivity index (χ3v) is 24.6. The second-order valence-electron chi connectivity index (χ2n) is 34.2. The summed E-state index contributed by atoms with van der Waals surface area (Å²) in [6.07, 6.45) is 8.37. The fourth-order valence-corrected chi connectivity index (χ4v) is 17.1. The third kappa shape index (κ3) is 26.5. The van der Waals surface area contributed by atoms with E-state index >= 15 is 0 Å². The molecule has 0 bridgehead atoms. The quantitative estimate of drug-likeness (QED) is 0.0195. The van der Waals surface area contributed by atoms with Gasteiger partial charge in [-0.05, 0) is 86.1 Å². The molecule has 4 fully saturated rings. The lowest BCUT2D eigenvalue weighted by atomic mass is 9.46. The van der Waals surface area contributed by atoms with Crippen molar-refractivity contribution >= 4 is 124 Å². The number of carbonyl (C=O) groups excluding carboxylic acids is 19. The minimum Gasteiger partial charge on any atom is -0.493 e. The maximum atomic E-state index is 14.7. The summed E-state index contributed by atoms with van der Waals surface area (Å²) in [5, 5.41) is 33.6. The standard InChI is InChI=1S/C88H120N16O26/c1-14-19-83-129-65-37-60-59-27-25-56-35-58(105)31-32-86(56,2)84(59)62(106)38-87(60,3)88(65,130-83)64(107)52-127-53-92-68(110)40-91-85(126)61(34-54-20-16-15-17-21-54)93-69(111)41-90-67(109)39-89-66(108)28-24-55-23-26-57(104-71(113)29-30-72(104)114)36-63(55)128-33-18-22-70(112)94(4)42-73(115)95(5)43-74(116)96(6)44-75(117)97(7)45-76(118)98(8)46-77(119)99(9)47-78(120)100(10)48-79(121)101(11)49-80(122)102(12)50-81(123)103(13)51-82(124)125/h15-17,20-21,23,26,29-32,35-36,59-62,65,83-84,106H,14,18-19,22,24-25,27-28,33-34,37-53H2,1-13H3,(H,89,108)(H,90,109)(H,91,126)(H,92,110)(H,93,111)(H,124,125)/t59-,60-,61-,62-,65+,83+,84+,86-,87-,88+/m0/s1. The number of amides is 17. The van der Waals surface area contributed by atoms with Gasteiger partial charge in [-0.15, -0.1) is 0 Å². The van der Waals surface area contributed by atoms with Crippen molar-refractivity contribution in [2.45, 2.75) is 122 Å². The highest BCUT2D eigenvalue weighted by atomic mass is 16.7. The first kappa shape index (κ1) is 103. The number of carbonyl (C=O) groups is 20. The largest absolute Gasteiger partial charge is 0.493 e. The van der Waals surface area contributed by atoms with E-state index in [4.69, 9.17) is 24.1 Å². The van der Waals surface area contributed by atoms with Gasteiger partial charge in [0.1, 0.15) is 31.7 Å². The zero-order chi connectivity index (χ0) is 96.0. The van der Waals surface area contributed by atoms with Crippen LogP contribution in [0.25, 0.3) is 0 Å². The SMILES string of the molecule is CCC[C@@H]1O[C@@H]2C[C@H]3[C@@H]4CCC5=CC(=O)C=C[C@]5(C)[C@H]4[C@@H](O)C[C@]3(C)[C@]2(C(=O)COCNC(=O)CNC(=O)[C@H](Cc2ccccc2)NC(=O)CNC(=O)CNC(=O)CCc2ccc(N3C(=O)C=CC3=O)cc2OCCCC(=O)N(C)CC(=O)N(C)CC(=O)N(C)CC(=O)N(C)CC(=O)N(C)CC(=O)N(C)CC(=O)N(C)CC(=O)N(C)CC(=O)N(C)CC(=O)N(C)CC(=O)O)O1. The first-order chi connectivity index (χ1) is 61.3. The van der Waals surface area contributed by atoms with E-state index in [1.165, 1.54) is 88.7 Å². The van der Waals surface area contributed by atoms with Crippen LogP contribution < -0.4 is 36.2 Å². The highest BCUT2D eigenvalue weighted by Gasteiger charge is 2.76. The Kier molecular flexibility index (Phi) is 36.3. The van der Waals surface area contributed by atoms with E-state index in [0.29, 0.717) is 30.4 Å². The second-order valence-corrected chi connectivity index (χ2v) is 34.2. The molecule has 2 aromatic rings. The summed E-state index contributed by atoms with van der Waals surface area (Å²) in [4.78, 5) is 272. The lowest BCUT2D eigenvalue weighted by molar-refractivity contribution is -0.201. The third-order valence-electron chi connectivity index (χ3n) is 24.6. The number of ether oxygens (including phenoxy) is 4. The first-order valence-corrected chi connectivity index (χ1v) is 42.7. The summed E-state index contributed by atoms with van der Waals surface area (Å²) in [7, 11) is 13.0. The Bertz CT molecular complexity index is 4730. The van der Waals surface area contributed by atoms with Crippen molar-refractivity contribution in [3.8, 4) is 5.75 Å². The Balaban J connectivity index is 0.720. The molecule has 708 valence electrons. The number of rotatable bonds is 46. The lowest BCUT2D eigenvalue weighted by Crippen LogP contribution is -2.63. The molecular weight excluding hydrogens is 1700 g/mol. The fraction of sp³-hybridized carbons (Fsp3) is 0.568. The summed E-state index contributed by atoms with van der Waals surface area (Å²) < 4.78 is 25.1. The monoisotopic (exact) mass is 1820 g/mol. The number of likely N-dealkylation sites (N-methyl/N-ethyl adjacent to an activating group) is 10. The molecule has 7 N–H and O–H groups in total. The number of aliphatic hydroxyl groups is 1. The van der Waals surface area contributed by atoms with Crippen molar-refractivity contribution in [3.63, 3.8) is 0 Å². The van der Waals surface area contributed by atoms with Crippen LogP contribution in [0.15, 0.2) is 84.5 Å². The normalized spacial score (nSPS) is 21.0. The molecule has 6 aliphatic rings. The van der Waals surface area contributed by atoms with Crippen LogP contribution in [0.3, 0.4) is 0 Å². The van der Waals surface area contributed by atoms with Crippen molar-refractivity contribution in [2.24, 2.45) is 28.6 Å². The molecule has 3 saturated carbocycles. The van der Waals surface area contributed by atoms with Gasteiger partial charge < -0.3 is 105 Å². The van der Waals surface area contributed by atoms with Gasteiger partial charge in [0.25, 0.3) is 11.8 Å². The average molecular weight is 1820 g/mol. The van der Waals surface area contributed by atoms with Crippen molar-refractivity contribution in [2.75, 3.05) is 180 Å². The van der Waals surface area contributed by atoms with Crippen LogP contribution in [0.5, 0.6) is 5.75 Å². The number of Topliss-reactive ketones (excluding diaryl/α,β-unsaturated/α-hetero) is 1. The van der Waals surface area contributed by atoms with Crippen LogP contribution in [-0.2, 0) is 123 Å². The minimum absolute atomic E-state index is 0.00133. The number of anilines is 1. The van der Waals surface area contributed by atoms with Crippen LogP contribution in [0.2, 0.25) is 0 Å². The van der Waals surface area contributed by atoms with Gasteiger partial charge in [0, 0.05) is 125 Å². The summed E-state index contributed by atoms with van der Waals surface area (Å²) in [6.45, 7) is -1.81. The van der Waals surface area contributed by atoms with Crippen molar-refractivity contribution < 1.29 is 125 Å². The molecule has 8 rings (SSSR count). The summed E-state index contributed by atoms with van der Waals surface area (Å²) in [5.41, 5.74) is -0.628. The number of fused-ring (bicyclic) bond motifs is 7. The van der Waals surface area contributed by atoms with Gasteiger partial charge in [0.05, 0.1) is 103 Å². The number of aryl methyl sites for hydroxylation is 1.